The second-order valence-electron chi connectivity index (χ2n) is 8.24. The summed E-state index contributed by atoms with van der Waals surface area (Å²) in [6, 6.07) is 7.75. The lowest BCUT2D eigenvalue weighted by Crippen LogP contribution is -2.39. The van der Waals surface area contributed by atoms with Crippen LogP contribution in [-0.4, -0.2) is 46.5 Å². The highest BCUT2D eigenvalue weighted by Gasteiger charge is 2.22. The fourth-order valence-electron chi connectivity index (χ4n) is 4.34. The second kappa shape index (κ2) is 8.33. The lowest BCUT2D eigenvalue weighted by Gasteiger charge is -2.30. The Kier molecular flexibility index (Phi) is 5.64. The molecule has 0 aliphatic carbocycles. The molecule has 2 aromatic rings. The lowest BCUT2D eigenvalue weighted by atomic mass is 9.99. The largest absolute Gasteiger partial charge is 0.352 e. The number of aryl methyl sites for hydroxylation is 1. The number of likely N-dealkylation sites (tertiary alicyclic amines) is 1. The first-order valence-electron chi connectivity index (χ1n) is 10.7. The summed E-state index contributed by atoms with van der Waals surface area (Å²) >= 11 is 0. The van der Waals surface area contributed by atoms with Crippen LogP contribution < -0.4 is 10.5 Å². The molecule has 150 valence electrons. The van der Waals surface area contributed by atoms with Crippen molar-refractivity contribution in [3.05, 3.63) is 34.6 Å². The summed E-state index contributed by atoms with van der Waals surface area (Å²) in [7, 11) is 0. The summed E-state index contributed by atoms with van der Waals surface area (Å²) in [5.74, 6) is 1.39. The van der Waals surface area contributed by atoms with Crippen molar-refractivity contribution in [2.45, 2.75) is 52.0 Å². The molecule has 6 heteroatoms. The van der Waals surface area contributed by atoms with E-state index in [-0.39, 0.29) is 11.5 Å². The third-order valence-corrected chi connectivity index (χ3v) is 6.18. The van der Waals surface area contributed by atoms with E-state index in [2.05, 4.69) is 16.8 Å². The van der Waals surface area contributed by atoms with Crippen LogP contribution in [0.25, 0.3) is 11.0 Å². The summed E-state index contributed by atoms with van der Waals surface area (Å²) in [6.45, 7) is 6.09. The molecular formula is C22H30N4O2. The first-order chi connectivity index (χ1) is 13.6. The van der Waals surface area contributed by atoms with Gasteiger partial charge in [0.15, 0.2) is 5.82 Å². The number of para-hydroxylation sites is 2. The molecule has 3 heterocycles. The first kappa shape index (κ1) is 19.0. The van der Waals surface area contributed by atoms with Gasteiger partial charge in [0, 0.05) is 39.1 Å². The fraction of sp³-hybridized carbons (Fsp3) is 0.591. The number of hydrogen-bond donors (Lipinski definition) is 0. The van der Waals surface area contributed by atoms with Crippen molar-refractivity contribution in [3.63, 3.8) is 0 Å². The number of nitrogens with zero attached hydrogens (tertiary/aromatic N) is 4. The Hall–Kier alpha value is -2.37. The number of rotatable bonds is 4. The van der Waals surface area contributed by atoms with Crippen molar-refractivity contribution in [2.24, 2.45) is 5.92 Å². The SMILES string of the molecule is CC1CCN(C(=O)CCn2c(=O)c(N3CCCCC3)nc3ccccc32)CC1. The highest BCUT2D eigenvalue weighted by Crippen LogP contribution is 2.20. The zero-order chi connectivity index (χ0) is 19.5. The van der Waals surface area contributed by atoms with Gasteiger partial charge in [-0.1, -0.05) is 19.1 Å². The molecule has 0 radical (unpaired) electrons. The van der Waals surface area contributed by atoms with Crippen molar-refractivity contribution in [1.82, 2.24) is 14.5 Å². The predicted molar refractivity (Wildman–Crippen MR) is 112 cm³/mol. The molecule has 6 nitrogen and oxygen atoms in total. The summed E-state index contributed by atoms with van der Waals surface area (Å²) in [5.41, 5.74) is 1.57. The van der Waals surface area contributed by atoms with E-state index in [0.29, 0.717) is 24.7 Å². The molecule has 2 aliphatic heterocycles. The number of carbonyl (C=O) groups is 1. The maximum absolute atomic E-state index is 13.2. The molecule has 0 saturated carbocycles. The highest BCUT2D eigenvalue weighted by molar-refractivity contribution is 5.78. The maximum Gasteiger partial charge on any atom is 0.294 e. The van der Waals surface area contributed by atoms with E-state index < -0.39 is 0 Å². The number of amides is 1. The van der Waals surface area contributed by atoms with Crippen LogP contribution >= 0.6 is 0 Å². The summed E-state index contributed by atoms with van der Waals surface area (Å²) in [6.07, 6.45) is 5.91. The van der Waals surface area contributed by atoms with Gasteiger partial charge in [0.1, 0.15) is 0 Å². The zero-order valence-corrected chi connectivity index (χ0v) is 16.8. The van der Waals surface area contributed by atoms with Gasteiger partial charge in [-0.2, -0.15) is 0 Å². The van der Waals surface area contributed by atoms with Crippen molar-refractivity contribution < 1.29 is 4.79 Å². The van der Waals surface area contributed by atoms with Crippen LogP contribution in [0.1, 0.15) is 45.4 Å². The molecule has 0 atom stereocenters. The third-order valence-electron chi connectivity index (χ3n) is 6.18. The van der Waals surface area contributed by atoms with Gasteiger partial charge < -0.3 is 14.4 Å². The van der Waals surface area contributed by atoms with Crippen LogP contribution in [-0.2, 0) is 11.3 Å². The lowest BCUT2D eigenvalue weighted by molar-refractivity contribution is -0.132. The minimum Gasteiger partial charge on any atom is -0.352 e. The topological polar surface area (TPSA) is 58.4 Å². The van der Waals surface area contributed by atoms with E-state index in [0.717, 1.165) is 62.9 Å². The van der Waals surface area contributed by atoms with Crippen molar-refractivity contribution >= 4 is 22.8 Å². The third kappa shape index (κ3) is 3.91. The Bertz CT molecular complexity index is 893. The van der Waals surface area contributed by atoms with Crippen LogP contribution in [0, 0.1) is 5.92 Å². The zero-order valence-electron chi connectivity index (χ0n) is 16.8. The van der Waals surface area contributed by atoms with Gasteiger partial charge in [-0.15, -0.1) is 0 Å². The second-order valence-corrected chi connectivity index (χ2v) is 8.24. The van der Waals surface area contributed by atoms with Gasteiger partial charge >= 0.3 is 0 Å². The minimum absolute atomic E-state index is 0.0688. The Morgan fingerprint density at radius 1 is 1.07 bits per heavy atom. The van der Waals surface area contributed by atoms with Crippen LogP contribution in [0.2, 0.25) is 0 Å². The molecular weight excluding hydrogens is 352 g/mol. The highest BCUT2D eigenvalue weighted by atomic mass is 16.2. The predicted octanol–water partition coefficient (Wildman–Crippen LogP) is 3.04. The van der Waals surface area contributed by atoms with E-state index in [4.69, 9.17) is 0 Å². The summed E-state index contributed by atoms with van der Waals surface area (Å²) in [5, 5.41) is 0. The molecule has 0 spiro atoms. The van der Waals surface area contributed by atoms with Crippen LogP contribution in [0.4, 0.5) is 5.82 Å². The molecule has 2 saturated heterocycles. The normalized spacial score (nSPS) is 18.6. The summed E-state index contributed by atoms with van der Waals surface area (Å²) < 4.78 is 1.76. The number of anilines is 1. The molecule has 0 N–H and O–H groups in total. The maximum atomic E-state index is 13.2. The standard InChI is InChI=1S/C22H30N4O2/c1-17-9-14-24(15-10-17)20(27)11-16-26-19-8-4-3-7-18(19)23-21(22(26)28)25-12-5-2-6-13-25/h3-4,7-8,17H,2,5-6,9-16H2,1H3. The molecule has 2 fully saturated rings. The quantitative estimate of drug-likeness (QED) is 0.816. The number of hydrogen-bond acceptors (Lipinski definition) is 4. The molecule has 28 heavy (non-hydrogen) atoms. The number of piperidine rings is 2. The fourth-order valence-corrected chi connectivity index (χ4v) is 4.34. The molecule has 1 amide bonds. The van der Waals surface area contributed by atoms with Crippen molar-refractivity contribution in [3.8, 4) is 0 Å². The van der Waals surface area contributed by atoms with E-state index in [1.807, 2.05) is 29.2 Å². The van der Waals surface area contributed by atoms with E-state index >= 15 is 0 Å². The molecule has 0 unspecified atom stereocenters. The first-order valence-corrected chi connectivity index (χ1v) is 10.7. The summed E-state index contributed by atoms with van der Waals surface area (Å²) in [4.78, 5) is 34.7. The average Bonchev–Trinajstić information content (AvgIpc) is 2.73. The van der Waals surface area contributed by atoms with Crippen molar-refractivity contribution in [2.75, 3.05) is 31.1 Å². The number of aromatic nitrogens is 2. The van der Waals surface area contributed by atoms with Gasteiger partial charge in [0.05, 0.1) is 11.0 Å². The van der Waals surface area contributed by atoms with Crippen LogP contribution in [0.15, 0.2) is 29.1 Å². The van der Waals surface area contributed by atoms with E-state index in [9.17, 15) is 9.59 Å². The van der Waals surface area contributed by atoms with Gasteiger partial charge in [-0.3, -0.25) is 9.59 Å². The van der Waals surface area contributed by atoms with Crippen LogP contribution in [0.3, 0.4) is 0 Å². The van der Waals surface area contributed by atoms with Crippen molar-refractivity contribution in [1.29, 1.82) is 0 Å². The van der Waals surface area contributed by atoms with Gasteiger partial charge in [0.2, 0.25) is 5.91 Å². The van der Waals surface area contributed by atoms with Gasteiger partial charge in [-0.05, 0) is 50.2 Å². The van der Waals surface area contributed by atoms with Gasteiger partial charge in [0.25, 0.3) is 5.56 Å². The Morgan fingerprint density at radius 2 is 1.79 bits per heavy atom. The molecule has 1 aromatic heterocycles. The number of benzene rings is 1. The Balaban J connectivity index is 1.59. The average molecular weight is 383 g/mol. The molecule has 4 rings (SSSR count). The Morgan fingerprint density at radius 3 is 2.54 bits per heavy atom. The monoisotopic (exact) mass is 382 g/mol. The van der Waals surface area contributed by atoms with E-state index in [1.165, 1.54) is 6.42 Å². The number of carbonyl (C=O) groups excluding carboxylic acids is 1. The minimum atomic E-state index is -0.0688. The van der Waals surface area contributed by atoms with E-state index in [1.54, 1.807) is 4.57 Å². The molecule has 1 aromatic carbocycles. The van der Waals surface area contributed by atoms with Crippen LogP contribution in [0.5, 0.6) is 0 Å². The smallest absolute Gasteiger partial charge is 0.294 e. The molecule has 0 bridgehead atoms. The van der Waals surface area contributed by atoms with Gasteiger partial charge in [-0.25, -0.2) is 4.98 Å². The Labute approximate surface area is 166 Å². The number of fused-ring (bicyclic) bond motifs is 1. The molecule has 2 aliphatic rings.